The Morgan fingerprint density at radius 1 is 1.21 bits per heavy atom. The van der Waals surface area contributed by atoms with E-state index in [0.29, 0.717) is 16.6 Å². The molecule has 0 spiro atoms. The van der Waals surface area contributed by atoms with Crippen LogP contribution in [0.15, 0.2) is 18.3 Å². The summed E-state index contributed by atoms with van der Waals surface area (Å²) in [6, 6.07) is 3.59. The van der Waals surface area contributed by atoms with Crippen LogP contribution in [0, 0.1) is 0 Å². The first-order valence-corrected chi connectivity index (χ1v) is 5.13. The van der Waals surface area contributed by atoms with Crippen molar-refractivity contribution < 1.29 is 0 Å². The van der Waals surface area contributed by atoms with Gasteiger partial charge in [0, 0.05) is 11.6 Å². The lowest BCUT2D eigenvalue weighted by atomic mass is 10.1. The summed E-state index contributed by atoms with van der Waals surface area (Å²) >= 11 is 12.1. The topological polar surface area (TPSA) is 41.8 Å². The van der Waals surface area contributed by atoms with E-state index in [0.717, 1.165) is 22.9 Å². The molecule has 0 radical (unpaired) electrons. The predicted octanol–water partition coefficient (Wildman–Crippen LogP) is 2.98. The third kappa shape index (κ3) is 1.50. The Balaban J connectivity index is 2.70. The monoisotopic (exact) mass is 228 g/mol. The summed E-state index contributed by atoms with van der Waals surface area (Å²) in [4.78, 5) is 3.11. The third-order valence-corrected chi connectivity index (χ3v) is 2.86. The number of fused-ring (bicyclic) bond motifs is 1. The maximum Gasteiger partial charge on any atom is 0.0661 e. The Hall–Kier alpha value is -0.700. The van der Waals surface area contributed by atoms with Crippen LogP contribution in [-0.2, 0) is 6.42 Å². The smallest absolute Gasteiger partial charge is 0.0661 e. The summed E-state index contributed by atoms with van der Waals surface area (Å²) in [6.07, 6.45) is 2.72. The molecule has 4 heteroatoms. The highest BCUT2D eigenvalue weighted by molar-refractivity contribution is 6.40. The van der Waals surface area contributed by atoms with Crippen molar-refractivity contribution in [3.05, 3.63) is 33.9 Å². The minimum atomic E-state index is 0.607. The van der Waals surface area contributed by atoms with E-state index in [-0.39, 0.29) is 0 Å². The van der Waals surface area contributed by atoms with E-state index in [1.54, 1.807) is 12.1 Å². The SMILES string of the molecule is NCCc1c[nH]c2c(Cl)ccc(Cl)c12. The number of halogens is 2. The quantitative estimate of drug-likeness (QED) is 0.816. The normalized spacial score (nSPS) is 11.1. The summed E-state index contributed by atoms with van der Waals surface area (Å²) in [6.45, 7) is 0.607. The Kier molecular flexibility index (Phi) is 2.68. The Labute approximate surface area is 92.0 Å². The van der Waals surface area contributed by atoms with Gasteiger partial charge in [0.05, 0.1) is 15.6 Å². The fraction of sp³-hybridized carbons (Fsp3) is 0.200. The van der Waals surface area contributed by atoms with E-state index in [4.69, 9.17) is 28.9 Å². The number of nitrogens with one attached hydrogen (secondary N) is 1. The summed E-state index contributed by atoms with van der Waals surface area (Å²) in [5.41, 5.74) is 7.52. The molecule has 0 aliphatic heterocycles. The lowest BCUT2D eigenvalue weighted by molar-refractivity contribution is 0.976. The minimum absolute atomic E-state index is 0.607. The molecule has 0 aliphatic rings. The van der Waals surface area contributed by atoms with Crippen LogP contribution in [0.2, 0.25) is 10.0 Å². The maximum absolute atomic E-state index is 6.09. The molecule has 3 N–H and O–H groups in total. The molecule has 2 rings (SSSR count). The highest BCUT2D eigenvalue weighted by Gasteiger charge is 2.09. The molecular formula is C10H10Cl2N2. The molecule has 0 aliphatic carbocycles. The van der Waals surface area contributed by atoms with Crippen LogP contribution in [0.4, 0.5) is 0 Å². The number of rotatable bonds is 2. The first-order valence-electron chi connectivity index (χ1n) is 4.38. The highest BCUT2D eigenvalue weighted by atomic mass is 35.5. The fourth-order valence-electron chi connectivity index (χ4n) is 1.59. The zero-order valence-electron chi connectivity index (χ0n) is 7.48. The van der Waals surface area contributed by atoms with Crippen molar-refractivity contribution >= 4 is 34.1 Å². The van der Waals surface area contributed by atoms with Gasteiger partial charge in [-0.25, -0.2) is 0 Å². The second-order valence-corrected chi connectivity index (χ2v) is 3.95. The largest absolute Gasteiger partial charge is 0.360 e. The molecule has 0 bridgehead atoms. The minimum Gasteiger partial charge on any atom is -0.360 e. The molecule has 1 heterocycles. The maximum atomic E-state index is 6.09. The fourth-order valence-corrected chi connectivity index (χ4v) is 2.08. The molecule has 2 aromatic rings. The number of nitrogens with two attached hydrogens (primary N) is 1. The molecule has 1 aromatic carbocycles. The lowest BCUT2D eigenvalue weighted by Gasteiger charge is -1.99. The van der Waals surface area contributed by atoms with Crippen LogP contribution >= 0.6 is 23.2 Å². The van der Waals surface area contributed by atoms with Gasteiger partial charge in [0.15, 0.2) is 0 Å². The molecule has 14 heavy (non-hydrogen) atoms. The van der Waals surface area contributed by atoms with Crippen LogP contribution in [0.1, 0.15) is 5.56 Å². The highest BCUT2D eigenvalue weighted by Crippen LogP contribution is 2.31. The van der Waals surface area contributed by atoms with Crippen molar-refractivity contribution in [3.8, 4) is 0 Å². The number of aromatic amines is 1. The zero-order chi connectivity index (χ0) is 10.1. The van der Waals surface area contributed by atoms with Gasteiger partial charge < -0.3 is 10.7 Å². The second kappa shape index (κ2) is 3.81. The van der Waals surface area contributed by atoms with Gasteiger partial charge in [-0.2, -0.15) is 0 Å². The molecular weight excluding hydrogens is 219 g/mol. The van der Waals surface area contributed by atoms with Gasteiger partial charge in [-0.3, -0.25) is 0 Å². The lowest BCUT2D eigenvalue weighted by Crippen LogP contribution is -2.01. The van der Waals surface area contributed by atoms with E-state index in [1.807, 2.05) is 6.20 Å². The molecule has 0 amide bonds. The van der Waals surface area contributed by atoms with Gasteiger partial charge in [-0.1, -0.05) is 23.2 Å². The molecule has 0 unspecified atom stereocenters. The number of hydrogen-bond acceptors (Lipinski definition) is 1. The zero-order valence-corrected chi connectivity index (χ0v) is 8.99. The van der Waals surface area contributed by atoms with Gasteiger partial charge in [-0.15, -0.1) is 0 Å². The second-order valence-electron chi connectivity index (χ2n) is 3.13. The molecule has 0 atom stereocenters. The van der Waals surface area contributed by atoms with Crippen LogP contribution in [-0.4, -0.2) is 11.5 Å². The summed E-state index contributed by atoms with van der Waals surface area (Å²) < 4.78 is 0. The first kappa shape index (κ1) is 9.84. The van der Waals surface area contributed by atoms with Gasteiger partial charge in [0.1, 0.15) is 0 Å². The standard InChI is InChI=1S/C10H10Cl2N2/c11-7-1-2-8(12)10-9(7)6(3-4-13)5-14-10/h1-2,5,14H,3-4,13H2. The number of aromatic nitrogens is 1. The van der Waals surface area contributed by atoms with Gasteiger partial charge in [-0.05, 0) is 30.7 Å². The van der Waals surface area contributed by atoms with E-state index in [2.05, 4.69) is 4.98 Å². The molecule has 0 fully saturated rings. The van der Waals surface area contributed by atoms with Crippen LogP contribution in [0.25, 0.3) is 10.9 Å². The first-order chi connectivity index (χ1) is 6.74. The van der Waals surface area contributed by atoms with Gasteiger partial charge in [0.2, 0.25) is 0 Å². The number of hydrogen-bond donors (Lipinski definition) is 2. The van der Waals surface area contributed by atoms with Crippen molar-refractivity contribution in [1.29, 1.82) is 0 Å². The van der Waals surface area contributed by atoms with Crippen LogP contribution in [0.3, 0.4) is 0 Å². The van der Waals surface area contributed by atoms with E-state index >= 15 is 0 Å². The molecule has 0 saturated carbocycles. The van der Waals surface area contributed by atoms with Crippen LogP contribution < -0.4 is 5.73 Å². The summed E-state index contributed by atoms with van der Waals surface area (Å²) in [5.74, 6) is 0. The average Bonchev–Trinajstić information content (AvgIpc) is 2.58. The summed E-state index contributed by atoms with van der Waals surface area (Å²) in [5, 5.41) is 2.39. The predicted molar refractivity (Wildman–Crippen MR) is 61.1 cm³/mol. The Bertz CT molecular complexity index is 462. The Morgan fingerprint density at radius 3 is 2.64 bits per heavy atom. The number of benzene rings is 1. The van der Waals surface area contributed by atoms with E-state index < -0.39 is 0 Å². The average molecular weight is 229 g/mol. The number of H-pyrrole nitrogens is 1. The van der Waals surface area contributed by atoms with Gasteiger partial charge >= 0.3 is 0 Å². The third-order valence-electron chi connectivity index (χ3n) is 2.23. The van der Waals surface area contributed by atoms with E-state index in [9.17, 15) is 0 Å². The van der Waals surface area contributed by atoms with Crippen molar-refractivity contribution in [2.45, 2.75) is 6.42 Å². The molecule has 2 nitrogen and oxygen atoms in total. The van der Waals surface area contributed by atoms with Gasteiger partial charge in [0.25, 0.3) is 0 Å². The van der Waals surface area contributed by atoms with Crippen molar-refractivity contribution in [2.24, 2.45) is 5.73 Å². The molecule has 0 saturated heterocycles. The van der Waals surface area contributed by atoms with Crippen molar-refractivity contribution in [3.63, 3.8) is 0 Å². The Morgan fingerprint density at radius 2 is 1.93 bits per heavy atom. The van der Waals surface area contributed by atoms with Crippen molar-refractivity contribution in [1.82, 2.24) is 4.98 Å². The van der Waals surface area contributed by atoms with Crippen LogP contribution in [0.5, 0.6) is 0 Å². The summed E-state index contributed by atoms with van der Waals surface area (Å²) in [7, 11) is 0. The van der Waals surface area contributed by atoms with E-state index in [1.165, 1.54) is 0 Å². The van der Waals surface area contributed by atoms with Crippen molar-refractivity contribution in [2.75, 3.05) is 6.54 Å². The molecule has 1 aromatic heterocycles. The molecule has 74 valence electrons.